The van der Waals surface area contributed by atoms with Crippen molar-refractivity contribution in [2.75, 3.05) is 6.26 Å². The zero-order valence-corrected chi connectivity index (χ0v) is 8.79. The SMILES string of the molecule is CS(=O)(=O)C#Cc1ccc(F)c(Cl)c1. The molecule has 14 heavy (non-hydrogen) atoms. The summed E-state index contributed by atoms with van der Waals surface area (Å²) in [5, 5.41) is 1.95. The summed E-state index contributed by atoms with van der Waals surface area (Å²) in [6, 6.07) is 3.77. The summed E-state index contributed by atoms with van der Waals surface area (Å²) in [4.78, 5) is 0. The van der Waals surface area contributed by atoms with Crippen LogP contribution in [0.1, 0.15) is 5.56 Å². The van der Waals surface area contributed by atoms with Crippen LogP contribution >= 0.6 is 11.6 Å². The molecule has 0 radical (unpaired) electrons. The van der Waals surface area contributed by atoms with Crippen molar-refractivity contribution in [2.24, 2.45) is 0 Å². The van der Waals surface area contributed by atoms with E-state index in [0.717, 1.165) is 12.3 Å². The molecule has 5 heteroatoms. The standard InChI is InChI=1S/C9H6ClFO2S/c1-14(12,13)5-4-7-2-3-9(11)8(10)6-7/h2-3,6H,1H3. The van der Waals surface area contributed by atoms with E-state index in [4.69, 9.17) is 11.6 Å². The summed E-state index contributed by atoms with van der Waals surface area (Å²) >= 11 is 5.47. The fourth-order valence-corrected chi connectivity index (χ4v) is 1.21. The fraction of sp³-hybridized carbons (Fsp3) is 0.111. The first-order valence-corrected chi connectivity index (χ1v) is 5.83. The molecule has 0 spiro atoms. The summed E-state index contributed by atoms with van der Waals surface area (Å²) in [5.74, 6) is 1.80. The Labute approximate surface area is 86.6 Å². The van der Waals surface area contributed by atoms with Crippen LogP contribution in [0.15, 0.2) is 18.2 Å². The van der Waals surface area contributed by atoms with E-state index in [1.165, 1.54) is 12.1 Å². The van der Waals surface area contributed by atoms with Gasteiger partial charge in [-0.2, -0.15) is 0 Å². The van der Waals surface area contributed by atoms with Crippen molar-refractivity contribution < 1.29 is 12.8 Å². The molecule has 1 aromatic carbocycles. The van der Waals surface area contributed by atoms with E-state index in [1.54, 1.807) is 0 Å². The zero-order chi connectivity index (χ0) is 10.8. The molecule has 1 aromatic rings. The van der Waals surface area contributed by atoms with Crippen molar-refractivity contribution in [2.45, 2.75) is 0 Å². The van der Waals surface area contributed by atoms with Gasteiger partial charge in [0.2, 0.25) is 9.84 Å². The minimum absolute atomic E-state index is 0.0784. The molecule has 0 saturated carbocycles. The van der Waals surface area contributed by atoms with Gasteiger partial charge in [0.15, 0.2) is 0 Å². The number of hydrogen-bond donors (Lipinski definition) is 0. The van der Waals surface area contributed by atoms with E-state index in [0.29, 0.717) is 5.56 Å². The molecule has 0 amide bonds. The van der Waals surface area contributed by atoms with E-state index in [2.05, 4.69) is 5.92 Å². The lowest BCUT2D eigenvalue weighted by Gasteiger charge is -1.93. The molecule has 0 heterocycles. The monoisotopic (exact) mass is 232 g/mol. The van der Waals surface area contributed by atoms with E-state index < -0.39 is 15.7 Å². The topological polar surface area (TPSA) is 34.1 Å². The lowest BCUT2D eigenvalue weighted by molar-refractivity contribution is 0.611. The third kappa shape index (κ3) is 3.36. The summed E-state index contributed by atoms with van der Waals surface area (Å²) in [7, 11) is -3.34. The Bertz CT molecular complexity index is 511. The Morgan fingerprint density at radius 2 is 2.07 bits per heavy atom. The van der Waals surface area contributed by atoms with Crippen LogP contribution in [0.3, 0.4) is 0 Å². The second kappa shape index (κ2) is 3.99. The highest BCUT2D eigenvalue weighted by molar-refractivity contribution is 7.95. The number of rotatable bonds is 0. The Hall–Kier alpha value is -1.05. The van der Waals surface area contributed by atoms with Gasteiger partial charge in [0.25, 0.3) is 0 Å². The molecule has 0 aliphatic rings. The molecule has 2 nitrogen and oxygen atoms in total. The molecule has 0 fully saturated rings. The lowest BCUT2D eigenvalue weighted by atomic mass is 10.2. The summed E-state index contributed by atoms with van der Waals surface area (Å²) < 4.78 is 34.0. The first kappa shape index (κ1) is 11.0. The Morgan fingerprint density at radius 1 is 1.43 bits per heavy atom. The van der Waals surface area contributed by atoms with Crippen molar-refractivity contribution in [3.63, 3.8) is 0 Å². The van der Waals surface area contributed by atoms with Crippen LogP contribution in [-0.4, -0.2) is 14.7 Å². The van der Waals surface area contributed by atoms with E-state index in [1.807, 2.05) is 5.25 Å². The zero-order valence-electron chi connectivity index (χ0n) is 7.21. The molecule has 0 N–H and O–H groups in total. The quantitative estimate of drug-likeness (QED) is 0.640. The van der Waals surface area contributed by atoms with Gasteiger partial charge in [0, 0.05) is 10.8 Å². The van der Waals surface area contributed by atoms with E-state index in [9.17, 15) is 12.8 Å². The van der Waals surface area contributed by atoms with Gasteiger partial charge in [-0.15, -0.1) is 0 Å². The molecule has 0 saturated heterocycles. The molecule has 74 valence electrons. The Kier molecular flexibility index (Phi) is 3.14. The molecule has 0 atom stereocenters. The van der Waals surface area contributed by atoms with Crippen LogP contribution in [0.2, 0.25) is 5.02 Å². The number of hydrogen-bond acceptors (Lipinski definition) is 2. The van der Waals surface area contributed by atoms with Crippen LogP contribution in [0.4, 0.5) is 4.39 Å². The smallest absolute Gasteiger partial charge is 0.214 e. The first-order valence-electron chi connectivity index (χ1n) is 3.56. The molecule has 1 rings (SSSR count). The van der Waals surface area contributed by atoms with Gasteiger partial charge in [-0.3, -0.25) is 0 Å². The van der Waals surface area contributed by atoms with Crippen LogP contribution in [0.25, 0.3) is 0 Å². The molecule has 0 unspecified atom stereocenters. The van der Waals surface area contributed by atoms with Gasteiger partial charge in [-0.25, -0.2) is 12.8 Å². The summed E-state index contributed by atoms with van der Waals surface area (Å²) in [6.45, 7) is 0. The van der Waals surface area contributed by atoms with Gasteiger partial charge in [-0.05, 0) is 24.1 Å². The second-order valence-electron chi connectivity index (χ2n) is 2.63. The van der Waals surface area contributed by atoms with Crippen molar-refractivity contribution in [1.29, 1.82) is 0 Å². The Balaban J connectivity index is 3.10. The fourth-order valence-electron chi connectivity index (χ4n) is 0.726. The highest BCUT2D eigenvalue weighted by atomic mass is 35.5. The van der Waals surface area contributed by atoms with Gasteiger partial charge < -0.3 is 0 Å². The maximum absolute atomic E-state index is 12.7. The second-order valence-corrected chi connectivity index (χ2v) is 4.78. The van der Waals surface area contributed by atoms with E-state index in [-0.39, 0.29) is 5.02 Å². The highest BCUT2D eigenvalue weighted by Crippen LogP contribution is 2.15. The van der Waals surface area contributed by atoms with Crippen LogP contribution in [0, 0.1) is 17.0 Å². The maximum Gasteiger partial charge on any atom is 0.214 e. The normalized spacial score (nSPS) is 10.5. The maximum atomic E-state index is 12.7. The summed E-state index contributed by atoms with van der Waals surface area (Å²) in [5.41, 5.74) is 0.363. The molecule has 0 aliphatic carbocycles. The molecule has 0 aliphatic heterocycles. The Morgan fingerprint density at radius 3 is 2.57 bits per heavy atom. The lowest BCUT2D eigenvalue weighted by Crippen LogP contribution is -1.89. The summed E-state index contributed by atoms with van der Waals surface area (Å²) in [6.07, 6.45) is 0.991. The number of halogens is 2. The minimum atomic E-state index is -3.34. The molecule has 0 bridgehead atoms. The van der Waals surface area contributed by atoms with Gasteiger partial charge in [0.1, 0.15) is 5.82 Å². The third-order valence-corrected chi connectivity index (χ3v) is 2.06. The predicted molar refractivity (Wildman–Crippen MR) is 53.1 cm³/mol. The molecule has 0 aromatic heterocycles. The minimum Gasteiger partial charge on any atom is -0.216 e. The van der Waals surface area contributed by atoms with E-state index >= 15 is 0 Å². The van der Waals surface area contributed by atoms with Crippen molar-refractivity contribution in [1.82, 2.24) is 0 Å². The van der Waals surface area contributed by atoms with Gasteiger partial charge in [0.05, 0.1) is 11.3 Å². The number of sulfone groups is 1. The molecular weight excluding hydrogens is 227 g/mol. The van der Waals surface area contributed by atoms with Crippen LogP contribution < -0.4 is 0 Å². The van der Waals surface area contributed by atoms with Crippen LogP contribution in [-0.2, 0) is 9.84 Å². The third-order valence-electron chi connectivity index (χ3n) is 1.30. The first-order chi connectivity index (χ1) is 6.38. The van der Waals surface area contributed by atoms with Gasteiger partial charge >= 0.3 is 0 Å². The van der Waals surface area contributed by atoms with Crippen molar-refractivity contribution >= 4 is 21.4 Å². The van der Waals surface area contributed by atoms with Crippen LogP contribution in [0.5, 0.6) is 0 Å². The molecular formula is C9H6ClFO2S. The van der Waals surface area contributed by atoms with Crippen molar-refractivity contribution in [3.8, 4) is 11.2 Å². The largest absolute Gasteiger partial charge is 0.216 e. The highest BCUT2D eigenvalue weighted by Gasteiger charge is 1.99. The predicted octanol–water partition coefficient (Wildman–Crippen LogP) is 1.83. The average Bonchev–Trinajstić information content (AvgIpc) is 2.06. The average molecular weight is 233 g/mol. The number of benzene rings is 1. The van der Waals surface area contributed by atoms with Gasteiger partial charge in [-0.1, -0.05) is 11.6 Å². The van der Waals surface area contributed by atoms with Crippen molar-refractivity contribution in [3.05, 3.63) is 34.6 Å².